The molecule has 0 aliphatic carbocycles. The number of amides is 1. The van der Waals surface area contributed by atoms with E-state index < -0.39 is 0 Å². The zero-order chi connectivity index (χ0) is 18.1. The Morgan fingerprint density at radius 1 is 1.23 bits per heavy atom. The highest BCUT2D eigenvalue weighted by molar-refractivity contribution is 7.17. The molecule has 0 spiro atoms. The third-order valence-electron chi connectivity index (χ3n) is 4.36. The van der Waals surface area contributed by atoms with Crippen molar-refractivity contribution in [1.82, 2.24) is 10.3 Å². The molecule has 1 aliphatic rings. The van der Waals surface area contributed by atoms with Crippen LogP contribution < -0.4 is 10.1 Å². The Bertz CT molecular complexity index is 953. The molecule has 1 aromatic heterocycles. The van der Waals surface area contributed by atoms with E-state index in [1.54, 1.807) is 12.1 Å². The molecule has 0 fully saturated rings. The quantitative estimate of drug-likeness (QED) is 0.740. The Morgan fingerprint density at radius 3 is 2.81 bits per heavy atom. The Balaban J connectivity index is 1.57. The number of para-hydroxylation sites is 1. The maximum atomic E-state index is 13.1. The van der Waals surface area contributed by atoms with Gasteiger partial charge in [-0.1, -0.05) is 18.2 Å². The molecule has 0 radical (unpaired) electrons. The maximum Gasteiger partial charge on any atom is 0.263 e. The van der Waals surface area contributed by atoms with Gasteiger partial charge in [-0.3, -0.25) is 4.79 Å². The number of halogens is 1. The smallest absolute Gasteiger partial charge is 0.263 e. The van der Waals surface area contributed by atoms with Crippen LogP contribution in [0.2, 0.25) is 0 Å². The number of hydrogen-bond acceptors (Lipinski definition) is 4. The standard InChI is InChI=1S/C20H17FN2O2S/c1-12-18(26-20(22-12)13-6-8-14(21)9-7-13)19(24)23-16-10-11-25-17-5-3-2-4-15(16)17/h2-9,16H,10-11H2,1H3,(H,23,24). The minimum Gasteiger partial charge on any atom is -0.493 e. The monoisotopic (exact) mass is 368 g/mol. The summed E-state index contributed by atoms with van der Waals surface area (Å²) >= 11 is 1.32. The van der Waals surface area contributed by atoms with E-state index in [0.717, 1.165) is 23.3 Å². The molecule has 3 aromatic rings. The van der Waals surface area contributed by atoms with E-state index in [0.29, 0.717) is 22.2 Å². The summed E-state index contributed by atoms with van der Waals surface area (Å²) in [7, 11) is 0. The van der Waals surface area contributed by atoms with Gasteiger partial charge in [0.1, 0.15) is 21.5 Å². The molecule has 0 bridgehead atoms. The first kappa shape index (κ1) is 16.7. The first-order valence-electron chi connectivity index (χ1n) is 8.38. The van der Waals surface area contributed by atoms with Crippen molar-refractivity contribution in [3.05, 3.63) is 70.5 Å². The number of hydrogen-bond donors (Lipinski definition) is 1. The summed E-state index contributed by atoms with van der Waals surface area (Å²) in [4.78, 5) is 17.9. The summed E-state index contributed by atoms with van der Waals surface area (Å²) in [6, 6.07) is 13.8. The highest BCUT2D eigenvalue weighted by atomic mass is 32.1. The van der Waals surface area contributed by atoms with Crippen LogP contribution in [0, 0.1) is 12.7 Å². The van der Waals surface area contributed by atoms with Crippen molar-refractivity contribution in [3.8, 4) is 16.3 Å². The van der Waals surface area contributed by atoms with Gasteiger partial charge in [-0.25, -0.2) is 9.37 Å². The van der Waals surface area contributed by atoms with E-state index in [9.17, 15) is 9.18 Å². The summed E-state index contributed by atoms with van der Waals surface area (Å²) < 4.78 is 18.8. The molecule has 132 valence electrons. The average Bonchev–Trinajstić information content (AvgIpc) is 3.04. The fraction of sp³-hybridized carbons (Fsp3) is 0.200. The Labute approximate surface area is 154 Å². The highest BCUT2D eigenvalue weighted by Crippen LogP contribution is 2.33. The summed E-state index contributed by atoms with van der Waals surface area (Å²) in [5.74, 6) is 0.380. The first-order chi connectivity index (χ1) is 12.6. The van der Waals surface area contributed by atoms with Crippen molar-refractivity contribution >= 4 is 17.2 Å². The van der Waals surface area contributed by atoms with Crippen LogP contribution in [0.3, 0.4) is 0 Å². The third kappa shape index (κ3) is 3.20. The number of fused-ring (bicyclic) bond motifs is 1. The van der Waals surface area contributed by atoms with Crippen LogP contribution in [0.25, 0.3) is 10.6 Å². The molecule has 1 aliphatic heterocycles. The molecule has 4 rings (SSSR count). The first-order valence-corrected chi connectivity index (χ1v) is 9.19. The Hall–Kier alpha value is -2.73. The Morgan fingerprint density at radius 2 is 2.00 bits per heavy atom. The Kier molecular flexibility index (Phi) is 4.42. The zero-order valence-electron chi connectivity index (χ0n) is 14.2. The minimum atomic E-state index is -0.293. The van der Waals surface area contributed by atoms with Crippen LogP contribution in [-0.4, -0.2) is 17.5 Å². The van der Waals surface area contributed by atoms with Crippen LogP contribution in [0.15, 0.2) is 48.5 Å². The summed E-state index contributed by atoms with van der Waals surface area (Å²) in [6.45, 7) is 2.39. The molecule has 1 atom stereocenters. The van der Waals surface area contributed by atoms with Gasteiger partial charge in [0.2, 0.25) is 0 Å². The second-order valence-electron chi connectivity index (χ2n) is 6.14. The third-order valence-corrected chi connectivity index (χ3v) is 5.56. The van der Waals surface area contributed by atoms with E-state index in [1.165, 1.54) is 23.5 Å². The molecule has 2 heterocycles. The van der Waals surface area contributed by atoms with Crippen molar-refractivity contribution in [2.24, 2.45) is 0 Å². The molecule has 26 heavy (non-hydrogen) atoms. The molecule has 2 aromatic carbocycles. The highest BCUT2D eigenvalue weighted by Gasteiger charge is 2.25. The van der Waals surface area contributed by atoms with Gasteiger partial charge in [0.05, 0.1) is 18.3 Å². The largest absolute Gasteiger partial charge is 0.493 e. The number of carbonyl (C=O) groups excluding carboxylic acids is 1. The predicted octanol–water partition coefficient (Wildman–Crippen LogP) is 4.51. The summed E-state index contributed by atoms with van der Waals surface area (Å²) in [5.41, 5.74) is 2.47. The lowest BCUT2D eigenvalue weighted by molar-refractivity contribution is 0.0928. The number of ether oxygens (including phenoxy) is 1. The molecule has 6 heteroatoms. The number of thiazole rings is 1. The molecule has 1 N–H and O–H groups in total. The second-order valence-corrected chi connectivity index (χ2v) is 7.14. The average molecular weight is 368 g/mol. The van der Waals surface area contributed by atoms with Crippen LogP contribution in [0.4, 0.5) is 4.39 Å². The summed E-state index contributed by atoms with van der Waals surface area (Å²) in [5, 5.41) is 3.81. The van der Waals surface area contributed by atoms with Gasteiger partial charge in [-0.15, -0.1) is 11.3 Å². The lowest BCUT2D eigenvalue weighted by Crippen LogP contribution is -2.32. The lowest BCUT2D eigenvalue weighted by atomic mass is 10.0. The maximum absolute atomic E-state index is 13.1. The number of nitrogens with zero attached hydrogens (tertiary/aromatic N) is 1. The van der Waals surface area contributed by atoms with Crippen LogP contribution in [0.1, 0.15) is 33.4 Å². The fourth-order valence-corrected chi connectivity index (χ4v) is 4.01. The van der Waals surface area contributed by atoms with Gasteiger partial charge in [0, 0.05) is 17.5 Å². The minimum absolute atomic E-state index is 0.0804. The van der Waals surface area contributed by atoms with Gasteiger partial charge in [0.25, 0.3) is 5.91 Å². The molecule has 0 saturated carbocycles. The van der Waals surface area contributed by atoms with E-state index in [2.05, 4.69) is 10.3 Å². The second kappa shape index (κ2) is 6.88. The van der Waals surface area contributed by atoms with E-state index >= 15 is 0 Å². The van der Waals surface area contributed by atoms with Gasteiger partial charge < -0.3 is 10.1 Å². The number of nitrogens with one attached hydrogen (secondary N) is 1. The number of carbonyl (C=O) groups is 1. The normalized spacial score (nSPS) is 15.8. The van der Waals surface area contributed by atoms with Crippen molar-refractivity contribution < 1.29 is 13.9 Å². The van der Waals surface area contributed by atoms with Crippen molar-refractivity contribution in [2.75, 3.05) is 6.61 Å². The lowest BCUT2D eigenvalue weighted by Gasteiger charge is -2.26. The van der Waals surface area contributed by atoms with Gasteiger partial charge in [-0.2, -0.15) is 0 Å². The molecular weight excluding hydrogens is 351 g/mol. The summed E-state index contributed by atoms with van der Waals surface area (Å²) in [6.07, 6.45) is 0.728. The molecule has 0 saturated heterocycles. The van der Waals surface area contributed by atoms with Crippen LogP contribution in [-0.2, 0) is 0 Å². The van der Waals surface area contributed by atoms with E-state index in [-0.39, 0.29) is 17.8 Å². The molecule has 1 amide bonds. The van der Waals surface area contributed by atoms with Crippen molar-refractivity contribution in [3.63, 3.8) is 0 Å². The molecular formula is C20H17FN2O2S. The fourth-order valence-electron chi connectivity index (χ4n) is 3.04. The van der Waals surface area contributed by atoms with E-state index in [4.69, 9.17) is 4.74 Å². The van der Waals surface area contributed by atoms with Crippen LogP contribution >= 0.6 is 11.3 Å². The SMILES string of the molecule is Cc1nc(-c2ccc(F)cc2)sc1C(=O)NC1CCOc2ccccc21. The molecule has 4 nitrogen and oxygen atoms in total. The zero-order valence-corrected chi connectivity index (χ0v) is 15.0. The van der Waals surface area contributed by atoms with Gasteiger partial charge in [0.15, 0.2) is 0 Å². The van der Waals surface area contributed by atoms with E-state index in [1.807, 2.05) is 31.2 Å². The van der Waals surface area contributed by atoms with Crippen molar-refractivity contribution in [1.29, 1.82) is 0 Å². The number of benzene rings is 2. The van der Waals surface area contributed by atoms with Crippen LogP contribution in [0.5, 0.6) is 5.75 Å². The molecule has 1 unspecified atom stereocenters. The number of aryl methyl sites for hydroxylation is 1. The van der Waals surface area contributed by atoms with Gasteiger partial charge >= 0.3 is 0 Å². The van der Waals surface area contributed by atoms with Crippen molar-refractivity contribution in [2.45, 2.75) is 19.4 Å². The van der Waals surface area contributed by atoms with Gasteiger partial charge in [-0.05, 0) is 37.3 Å². The predicted molar refractivity (Wildman–Crippen MR) is 99.0 cm³/mol. The topological polar surface area (TPSA) is 51.2 Å². The number of rotatable bonds is 3. The number of aromatic nitrogens is 1.